The molecule has 0 aromatic rings. The first-order valence-corrected chi connectivity index (χ1v) is 7.39. The minimum atomic E-state index is -1.06. The Kier molecular flexibility index (Phi) is 8.08. The Balaban J connectivity index is 2.68. The molecular weight excluding hydrogens is 275 g/mol. The molecule has 0 bridgehead atoms. The van der Waals surface area contributed by atoms with Crippen LogP contribution in [0.4, 0.5) is 0 Å². The minimum absolute atomic E-state index is 0.287. The predicted molar refractivity (Wildman–Crippen MR) is 77.6 cm³/mol. The summed E-state index contributed by atoms with van der Waals surface area (Å²) in [6, 6.07) is 0. The Labute approximate surface area is 125 Å². The van der Waals surface area contributed by atoms with Crippen LogP contribution in [0, 0.1) is 0 Å². The van der Waals surface area contributed by atoms with Gasteiger partial charge in [-0.05, 0) is 19.8 Å². The molecule has 2 atom stereocenters. The Morgan fingerprint density at radius 3 is 1.90 bits per heavy atom. The molecule has 1 rings (SSSR count). The van der Waals surface area contributed by atoms with Crippen LogP contribution in [-0.2, 0) is 28.4 Å². The first-order valence-electron chi connectivity index (χ1n) is 7.39. The predicted octanol–water partition coefficient (Wildman–Crippen LogP) is 1.74. The van der Waals surface area contributed by atoms with Gasteiger partial charge in [0.2, 0.25) is 0 Å². The lowest BCUT2D eigenvalue weighted by Crippen LogP contribution is -2.39. The molecule has 0 spiro atoms. The highest BCUT2D eigenvalue weighted by atomic mass is 16.7. The summed E-state index contributed by atoms with van der Waals surface area (Å²) in [4.78, 5) is 23.9. The fourth-order valence-electron chi connectivity index (χ4n) is 1.79. The van der Waals surface area contributed by atoms with Crippen molar-refractivity contribution in [3.05, 3.63) is 12.2 Å². The Morgan fingerprint density at radius 1 is 1.05 bits per heavy atom. The van der Waals surface area contributed by atoms with Gasteiger partial charge in [0.1, 0.15) is 0 Å². The fourth-order valence-corrected chi connectivity index (χ4v) is 1.79. The van der Waals surface area contributed by atoms with Crippen LogP contribution in [0.25, 0.3) is 0 Å². The maximum Gasteiger partial charge on any atom is 0.462 e. The SMILES string of the molecule is C/C=C/CB1O[C@@H](C(=O)OCCC)[C@H](C(=O)OCCC)O1. The van der Waals surface area contributed by atoms with Crippen molar-refractivity contribution in [1.29, 1.82) is 0 Å². The number of rotatable bonds is 8. The summed E-state index contributed by atoms with van der Waals surface area (Å²) in [6.07, 6.45) is 3.44. The van der Waals surface area contributed by atoms with Gasteiger partial charge in [-0.2, -0.15) is 0 Å². The van der Waals surface area contributed by atoms with Crippen LogP contribution >= 0.6 is 0 Å². The van der Waals surface area contributed by atoms with Gasteiger partial charge in [0.15, 0.2) is 12.2 Å². The van der Waals surface area contributed by atoms with Crippen LogP contribution in [0.1, 0.15) is 33.6 Å². The molecule has 0 aromatic heterocycles. The molecule has 7 heteroatoms. The van der Waals surface area contributed by atoms with Gasteiger partial charge >= 0.3 is 19.1 Å². The summed E-state index contributed by atoms with van der Waals surface area (Å²) in [5, 5.41) is 0. The Bertz CT molecular complexity index is 342. The largest absolute Gasteiger partial charge is 0.464 e. The second kappa shape index (κ2) is 9.57. The molecule has 118 valence electrons. The van der Waals surface area contributed by atoms with Crippen LogP contribution in [0.2, 0.25) is 6.32 Å². The summed E-state index contributed by atoms with van der Waals surface area (Å²) in [6.45, 7) is 6.22. The van der Waals surface area contributed by atoms with E-state index in [-0.39, 0.29) is 13.2 Å². The van der Waals surface area contributed by atoms with Crippen molar-refractivity contribution in [2.45, 2.75) is 52.1 Å². The molecule has 21 heavy (non-hydrogen) atoms. The Hall–Kier alpha value is -1.34. The highest BCUT2D eigenvalue weighted by Crippen LogP contribution is 2.22. The summed E-state index contributed by atoms with van der Waals surface area (Å²) in [5.41, 5.74) is 0. The maximum absolute atomic E-state index is 12.0. The highest BCUT2D eigenvalue weighted by molar-refractivity contribution is 6.46. The molecule has 0 unspecified atom stereocenters. The molecule has 1 aliphatic rings. The molecule has 0 amide bonds. The quantitative estimate of drug-likeness (QED) is 0.386. The molecule has 1 fully saturated rings. The van der Waals surface area contributed by atoms with Gasteiger partial charge in [-0.15, -0.1) is 0 Å². The molecule has 1 saturated heterocycles. The fraction of sp³-hybridized carbons (Fsp3) is 0.714. The molecular formula is C14H23BO6. The monoisotopic (exact) mass is 298 g/mol. The van der Waals surface area contributed by atoms with Gasteiger partial charge in [0, 0.05) is 6.32 Å². The van der Waals surface area contributed by atoms with E-state index in [2.05, 4.69) is 0 Å². The second-order valence-corrected chi connectivity index (χ2v) is 4.68. The molecule has 1 aliphatic heterocycles. The van der Waals surface area contributed by atoms with E-state index in [1.54, 1.807) is 0 Å². The first-order chi connectivity index (χ1) is 10.1. The van der Waals surface area contributed by atoms with Gasteiger partial charge in [-0.1, -0.05) is 26.0 Å². The standard InChI is InChI=1S/C14H23BO6/c1-4-7-8-15-20-11(13(16)18-9-5-2)12(21-15)14(17)19-10-6-3/h4,7,11-12H,5-6,8-10H2,1-3H3/b7-4+/t11-,12-/m1/s1. The van der Waals surface area contributed by atoms with E-state index < -0.39 is 31.3 Å². The van der Waals surface area contributed by atoms with Crippen LogP contribution in [0.3, 0.4) is 0 Å². The van der Waals surface area contributed by atoms with Gasteiger partial charge in [-0.3, -0.25) is 0 Å². The smallest absolute Gasteiger partial charge is 0.462 e. The minimum Gasteiger partial charge on any atom is -0.464 e. The molecule has 0 aromatic carbocycles. The number of esters is 2. The van der Waals surface area contributed by atoms with Gasteiger partial charge in [-0.25, -0.2) is 9.59 Å². The zero-order valence-electron chi connectivity index (χ0n) is 12.9. The highest BCUT2D eigenvalue weighted by Gasteiger charge is 2.48. The number of carbonyl (C=O) groups is 2. The summed E-state index contributed by atoms with van der Waals surface area (Å²) >= 11 is 0. The van der Waals surface area contributed by atoms with Gasteiger partial charge < -0.3 is 18.8 Å². The summed E-state index contributed by atoms with van der Waals surface area (Å²) in [7, 11) is -0.639. The number of hydrogen-bond acceptors (Lipinski definition) is 6. The third kappa shape index (κ3) is 5.51. The molecule has 1 heterocycles. The van der Waals surface area contributed by atoms with Crippen molar-refractivity contribution in [2.75, 3.05) is 13.2 Å². The second-order valence-electron chi connectivity index (χ2n) is 4.68. The van der Waals surface area contributed by atoms with Crippen LogP contribution in [-0.4, -0.2) is 44.5 Å². The molecule has 0 radical (unpaired) electrons. The molecule has 0 aliphatic carbocycles. The van der Waals surface area contributed by atoms with Crippen molar-refractivity contribution in [2.24, 2.45) is 0 Å². The average molecular weight is 298 g/mol. The maximum atomic E-state index is 12.0. The van der Waals surface area contributed by atoms with E-state index in [4.69, 9.17) is 18.8 Å². The van der Waals surface area contributed by atoms with Crippen LogP contribution in [0.5, 0.6) is 0 Å². The number of carbonyl (C=O) groups excluding carboxylic acids is 2. The van der Waals surface area contributed by atoms with Gasteiger partial charge in [0.25, 0.3) is 0 Å². The van der Waals surface area contributed by atoms with E-state index in [0.29, 0.717) is 19.2 Å². The molecule has 0 saturated carbocycles. The lowest BCUT2D eigenvalue weighted by atomic mass is 9.85. The third-order valence-electron chi connectivity index (χ3n) is 2.80. The number of hydrogen-bond donors (Lipinski definition) is 0. The number of allylic oxidation sites excluding steroid dienone is 2. The van der Waals surface area contributed by atoms with Gasteiger partial charge in [0.05, 0.1) is 13.2 Å². The number of ether oxygens (including phenoxy) is 2. The van der Waals surface area contributed by atoms with E-state index >= 15 is 0 Å². The van der Waals surface area contributed by atoms with Crippen molar-refractivity contribution in [3.8, 4) is 0 Å². The zero-order valence-corrected chi connectivity index (χ0v) is 12.9. The molecule has 6 nitrogen and oxygen atoms in total. The van der Waals surface area contributed by atoms with E-state index in [1.165, 1.54) is 0 Å². The van der Waals surface area contributed by atoms with Crippen molar-refractivity contribution in [1.82, 2.24) is 0 Å². The van der Waals surface area contributed by atoms with E-state index in [9.17, 15) is 9.59 Å². The first kappa shape index (κ1) is 17.7. The average Bonchev–Trinajstić information content (AvgIpc) is 2.92. The van der Waals surface area contributed by atoms with Crippen molar-refractivity contribution in [3.63, 3.8) is 0 Å². The summed E-state index contributed by atoms with van der Waals surface area (Å²) < 4.78 is 21.1. The summed E-state index contributed by atoms with van der Waals surface area (Å²) in [5.74, 6) is -1.17. The zero-order chi connectivity index (χ0) is 15.7. The Morgan fingerprint density at radius 2 is 1.52 bits per heavy atom. The lowest BCUT2D eigenvalue weighted by Gasteiger charge is -2.15. The topological polar surface area (TPSA) is 71.1 Å². The van der Waals surface area contributed by atoms with Crippen molar-refractivity contribution >= 4 is 19.1 Å². The van der Waals surface area contributed by atoms with E-state index in [1.807, 2.05) is 32.9 Å². The molecule has 0 N–H and O–H groups in total. The van der Waals surface area contributed by atoms with Crippen LogP contribution < -0.4 is 0 Å². The lowest BCUT2D eigenvalue weighted by molar-refractivity contribution is -0.163. The van der Waals surface area contributed by atoms with Crippen LogP contribution in [0.15, 0.2) is 12.2 Å². The van der Waals surface area contributed by atoms with Crippen molar-refractivity contribution < 1.29 is 28.4 Å². The normalized spacial score (nSPS) is 21.8. The third-order valence-corrected chi connectivity index (χ3v) is 2.80. The van der Waals surface area contributed by atoms with E-state index in [0.717, 1.165) is 0 Å².